The van der Waals surface area contributed by atoms with Crippen LogP contribution < -0.4 is 14.4 Å². The van der Waals surface area contributed by atoms with Crippen LogP contribution in [0.15, 0.2) is 30.5 Å². The molecule has 4 rings (SSSR count). The molecular weight excluding hydrogens is 493 g/mol. The van der Waals surface area contributed by atoms with Crippen molar-refractivity contribution < 1.29 is 17.5 Å². The van der Waals surface area contributed by atoms with Gasteiger partial charge in [0.1, 0.15) is 17.4 Å². The normalized spacial score (nSPS) is 20.7. The van der Waals surface area contributed by atoms with Crippen molar-refractivity contribution in [2.24, 2.45) is 0 Å². The first-order chi connectivity index (χ1) is 16.6. The van der Waals surface area contributed by atoms with E-state index in [9.17, 15) is 12.8 Å². The fourth-order valence-electron chi connectivity index (χ4n) is 5.07. The van der Waals surface area contributed by atoms with Crippen molar-refractivity contribution in [3.8, 4) is 5.75 Å². The number of halogens is 2. The Balaban J connectivity index is 1.30. The number of nitrogens with zero attached hydrogens (tertiary/aromatic N) is 4. The summed E-state index contributed by atoms with van der Waals surface area (Å²) in [4.78, 5) is 11.5. The Labute approximate surface area is 212 Å². The van der Waals surface area contributed by atoms with Crippen LogP contribution in [0.25, 0.3) is 0 Å². The van der Waals surface area contributed by atoms with Gasteiger partial charge >= 0.3 is 0 Å². The quantitative estimate of drug-likeness (QED) is 0.593. The van der Waals surface area contributed by atoms with Gasteiger partial charge in [0.25, 0.3) is 0 Å². The van der Waals surface area contributed by atoms with E-state index in [1.807, 2.05) is 12.1 Å². The molecule has 2 aliphatic rings. The summed E-state index contributed by atoms with van der Waals surface area (Å²) < 4.78 is 44.8. The maximum atomic E-state index is 14.3. The van der Waals surface area contributed by atoms with Crippen LogP contribution in [0.1, 0.15) is 25.3 Å². The standard InChI is InChI=1S/C24H33ClFN5O3S/c1-17-15-30(24-22(25)12-19(14-27-24)28-35(3,32)33)10-11-31(17)20-6-8-29(9-7-20)16-18-4-5-21(34-2)13-23(18)26/h4-5,12-14,17,20,28H,6-11,15-16H2,1-3H3/t17-/m0/s1. The van der Waals surface area contributed by atoms with Gasteiger partial charge in [-0.05, 0) is 45.0 Å². The molecule has 2 aliphatic heterocycles. The Hall–Kier alpha value is -2.14. The number of ether oxygens (including phenoxy) is 1. The minimum absolute atomic E-state index is 0.219. The van der Waals surface area contributed by atoms with Crippen molar-refractivity contribution in [1.29, 1.82) is 0 Å². The van der Waals surface area contributed by atoms with Crippen molar-refractivity contribution >= 4 is 33.1 Å². The number of sulfonamides is 1. The zero-order valence-electron chi connectivity index (χ0n) is 20.4. The number of likely N-dealkylation sites (tertiary alicyclic amines) is 1. The molecule has 0 saturated carbocycles. The third-order valence-electron chi connectivity index (χ3n) is 6.78. The summed E-state index contributed by atoms with van der Waals surface area (Å²) in [5.41, 5.74) is 1.06. The van der Waals surface area contributed by atoms with E-state index in [-0.39, 0.29) is 5.82 Å². The van der Waals surface area contributed by atoms with Gasteiger partial charge in [-0.25, -0.2) is 17.8 Å². The summed E-state index contributed by atoms with van der Waals surface area (Å²) in [6.07, 6.45) is 4.69. The highest BCUT2D eigenvalue weighted by atomic mass is 35.5. The van der Waals surface area contributed by atoms with Gasteiger partial charge in [0.05, 0.1) is 30.3 Å². The third-order valence-corrected chi connectivity index (χ3v) is 7.67. The Kier molecular flexibility index (Phi) is 8.05. The molecule has 2 fully saturated rings. The number of pyridine rings is 1. The zero-order valence-corrected chi connectivity index (χ0v) is 21.9. The van der Waals surface area contributed by atoms with Crippen LogP contribution in [0.5, 0.6) is 5.75 Å². The lowest BCUT2D eigenvalue weighted by Crippen LogP contribution is -2.57. The smallest absolute Gasteiger partial charge is 0.229 e. The van der Waals surface area contributed by atoms with Crippen LogP contribution in [0.4, 0.5) is 15.9 Å². The van der Waals surface area contributed by atoms with Crippen molar-refractivity contribution in [3.05, 3.63) is 46.9 Å². The van der Waals surface area contributed by atoms with Crippen LogP contribution in [-0.4, -0.2) is 81.4 Å². The van der Waals surface area contributed by atoms with E-state index in [2.05, 4.69) is 31.3 Å². The highest BCUT2D eigenvalue weighted by Gasteiger charge is 2.32. The second-order valence-electron chi connectivity index (χ2n) is 9.40. The number of hydrogen-bond donors (Lipinski definition) is 1. The number of hydrogen-bond acceptors (Lipinski definition) is 7. The van der Waals surface area contributed by atoms with Gasteiger partial charge in [-0.2, -0.15) is 0 Å². The van der Waals surface area contributed by atoms with Gasteiger partial charge in [0.15, 0.2) is 0 Å². The number of benzene rings is 1. The fraction of sp³-hybridized carbons (Fsp3) is 0.542. The molecule has 2 aromatic rings. The second-order valence-corrected chi connectivity index (χ2v) is 11.6. The number of methoxy groups -OCH3 is 1. The van der Waals surface area contributed by atoms with E-state index in [1.54, 1.807) is 13.2 Å². The molecule has 0 radical (unpaired) electrons. The third kappa shape index (κ3) is 6.55. The zero-order chi connectivity index (χ0) is 25.2. The van der Waals surface area contributed by atoms with Crippen molar-refractivity contribution in [3.63, 3.8) is 0 Å². The van der Waals surface area contributed by atoms with Crippen LogP contribution in [-0.2, 0) is 16.6 Å². The summed E-state index contributed by atoms with van der Waals surface area (Å²) in [6, 6.07) is 7.48. The molecule has 1 aromatic heterocycles. The minimum Gasteiger partial charge on any atom is -0.497 e. The summed E-state index contributed by atoms with van der Waals surface area (Å²) in [5, 5.41) is 0.429. The molecule has 1 N–H and O–H groups in total. The predicted octanol–water partition coefficient (Wildman–Crippen LogP) is 3.43. The average Bonchev–Trinajstić information content (AvgIpc) is 2.80. The molecule has 0 bridgehead atoms. The second kappa shape index (κ2) is 10.9. The predicted molar refractivity (Wildman–Crippen MR) is 137 cm³/mol. The topological polar surface area (TPSA) is 78.0 Å². The van der Waals surface area contributed by atoms with Crippen molar-refractivity contribution in [2.75, 3.05) is 55.7 Å². The fourth-order valence-corrected chi connectivity index (χ4v) is 5.90. The van der Waals surface area contributed by atoms with E-state index < -0.39 is 10.0 Å². The Morgan fingerprint density at radius 2 is 1.94 bits per heavy atom. The first kappa shape index (κ1) is 25.9. The molecule has 2 saturated heterocycles. The summed E-state index contributed by atoms with van der Waals surface area (Å²) in [6.45, 7) is 7.20. The number of piperazine rings is 1. The molecule has 3 heterocycles. The molecule has 192 valence electrons. The molecule has 0 spiro atoms. The van der Waals surface area contributed by atoms with Gasteiger partial charge in [-0.3, -0.25) is 14.5 Å². The lowest BCUT2D eigenvalue weighted by Gasteiger charge is -2.47. The largest absolute Gasteiger partial charge is 0.497 e. The van der Waals surface area contributed by atoms with Gasteiger partial charge in [-0.15, -0.1) is 0 Å². The van der Waals surface area contributed by atoms with Gasteiger partial charge in [0, 0.05) is 49.9 Å². The highest BCUT2D eigenvalue weighted by molar-refractivity contribution is 7.92. The minimum atomic E-state index is -3.38. The van der Waals surface area contributed by atoms with Crippen molar-refractivity contribution in [1.82, 2.24) is 14.8 Å². The Morgan fingerprint density at radius 1 is 1.20 bits per heavy atom. The molecule has 35 heavy (non-hydrogen) atoms. The van der Waals surface area contributed by atoms with E-state index in [1.165, 1.54) is 12.3 Å². The summed E-state index contributed by atoms with van der Waals surface area (Å²) >= 11 is 6.44. The van der Waals surface area contributed by atoms with E-state index >= 15 is 0 Å². The maximum absolute atomic E-state index is 14.3. The lowest BCUT2D eigenvalue weighted by atomic mass is 9.99. The van der Waals surface area contributed by atoms with E-state index in [0.29, 0.717) is 46.5 Å². The summed E-state index contributed by atoms with van der Waals surface area (Å²) in [5.74, 6) is 0.994. The molecular formula is C24H33ClFN5O3S. The van der Waals surface area contributed by atoms with Gasteiger partial charge < -0.3 is 9.64 Å². The number of anilines is 2. The number of nitrogens with one attached hydrogen (secondary N) is 1. The first-order valence-corrected chi connectivity index (χ1v) is 14.1. The SMILES string of the molecule is COc1ccc(CN2CCC(N3CCN(c4ncc(NS(C)(=O)=O)cc4Cl)C[C@@H]3C)CC2)c(F)c1. The van der Waals surface area contributed by atoms with Crippen LogP contribution in [0.3, 0.4) is 0 Å². The molecule has 1 aromatic carbocycles. The molecule has 1 atom stereocenters. The first-order valence-electron chi connectivity index (χ1n) is 11.8. The average molecular weight is 526 g/mol. The Bertz CT molecular complexity index is 1140. The Morgan fingerprint density at radius 3 is 2.54 bits per heavy atom. The van der Waals surface area contributed by atoms with Crippen molar-refractivity contribution in [2.45, 2.75) is 38.4 Å². The monoisotopic (exact) mass is 525 g/mol. The van der Waals surface area contributed by atoms with E-state index in [4.69, 9.17) is 16.3 Å². The number of rotatable bonds is 7. The number of piperidine rings is 1. The maximum Gasteiger partial charge on any atom is 0.229 e. The lowest BCUT2D eigenvalue weighted by molar-refractivity contribution is 0.0687. The van der Waals surface area contributed by atoms with Crippen LogP contribution in [0, 0.1) is 5.82 Å². The molecule has 11 heteroatoms. The molecule has 8 nitrogen and oxygen atoms in total. The summed E-state index contributed by atoms with van der Waals surface area (Å²) in [7, 11) is -1.84. The highest BCUT2D eigenvalue weighted by Crippen LogP contribution is 2.30. The van der Waals surface area contributed by atoms with E-state index in [0.717, 1.165) is 51.8 Å². The van der Waals surface area contributed by atoms with Gasteiger partial charge in [0.2, 0.25) is 10.0 Å². The molecule has 0 amide bonds. The number of aromatic nitrogens is 1. The van der Waals surface area contributed by atoms with Gasteiger partial charge in [-0.1, -0.05) is 17.7 Å². The molecule has 0 unspecified atom stereocenters. The van der Waals surface area contributed by atoms with Crippen LogP contribution in [0.2, 0.25) is 5.02 Å². The van der Waals surface area contributed by atoms with Crippen LogP contribution >= 0.6 is 11.6 Å². The molecule has 0 aliphatic carbocycles.